The zero-order chi connectivity index (χ0) is 20.6. The van der Waals surface area contributed by atoms with Crippen molar-refractivity contribution in [3.05, 3.63) is 88.7 Å². The second kappa shape index (κ2) is 10.2. The fourth-order valence-corrected chi connectivity index (χ4v) is 3.48. The monoisotopic (exact) mass is 413 g/mol. The van der Waals surface area contributed by atoms with E-state index in [4.69, 9.17) is 26.6 Å². The average molecular weight is 414 g/mol. The molecule has 1 amide bonds. The first-order valence-electron chi connectivity index (χ1n) is 9.36. The van der Waals surface area contributed by atoms with Gasteiger partial charge in [0.25, 0.3) is 0 Å². The second-order valence-corrected chi connectivity index (χ2v) is 7.31. The minimum Gasteiger partial charge on any atom is -0.380 e. The molecule has 0 unspecified atom stereocenters. The lowest BCUT2D eigenvalue weighted by Gasteiger charge is -2.24. The number of hydrogen-bond donors (Lipinski definition) is 2. The molecule has 2 aromatic carbocycles. The molecule has 0 spiro atoms. The van der Waals surface area contributed by atoms with E-state index in [0.29, 0.717) is 18.0 Å². The van der Waals surface area contributed by atoms with Crippen LogP contribution < -0.4 is 5.48 Å². The highest BCUT2D eigenvalue weighted by atomic mass is 35.5. The number of hydrogen-bond acceptors (Lipinski definition) is 4. The topological polar surface area (TPSA) is 76.4 Å². The number of halogens is 1. The third kappa shape index (κ3) is 5.90. The van der Waals surface area contributed by atoms with Gasteiger partial charge in [-0.3, -0.25) is 14.7 Å². The zero-order valence-corrected chi connectivity index (χ0v) is 16.9. The molecule has 1 heterocycles. The van der Waals surface area contributed by atoms with Crippen LogP contribution in [0.15, 0.2) is 66.9 Å². The summed E-state index contributed by atoms with van der Waals surface area (Å²) in [6.07, 6.45) is 2.13. The Morgan fingerprint density at radius 2 is 1.86 bits per heavy atom. The number of benzene rings is 2. The van der Waals surface area contributed by atoms with E-state index in [-0.39, 0.29) is 12.3 Å². The summed E-state index contributed by atoms with van der Waals surface area (Å²) in [4.78, 5) is 11.8. The van der Waals surface area contributed by atoms with E-state index in [1.54, 1.807) is 12.6 Å². The lowest BCUT2D eigenvalue weighted by molar-refractivity contribution is -0.132. The summed E-state index contributed by atoms with van der Waals surface area (Å²) in [7, 11) is 1.56. The van der Waals surface area contributed by atoms with Crippen molar-refractivity contribution in [2.24, 2.45) is 0 Å². The highest BCUT2D eigenvalue weighted by Gasteiger charge is 2.28. The molecule has 0 aliphatic rings. The molecular formula is C22H24ClN3O3. The number of carbonyl (C=O) groups excluding carboxylic acids is 1. The Kier molecular flexibility index (Phi) is 7.41. The molecule has 0 fully saturated rings. The zero-order valence-electron chi connectivity index (χ0n) is 16.2. The largest absolute Gasteiger partial charge is 0.380 e. The van der Waals surface area contributed by atoms with E-state index in [1.165, 1.54) is 0 Å². The molecule has 1 aromatic heterocycles. The Morgan fingerprint density at radius 1 is 1.14 bits per heavy atom. The molecule has 0 aliphatic heterocycles. The van der Waals surface area contributed by atoms with Crippen LogP contribution >= 0.6 is 11.6 Å². The predicted molar refractivity (Wildman–Crippen MR) is 111 cm³/mol. The predicted octanol–water partition coefficient (Wildman–Crippen LogP) is 3.82. The maximum Gasteiger partial charge on any atom is 0.245 e. The summed E-state index contributed by atoms with van der Waals surface area (Å²) >= 11 is 6.00. The molecule has 0 radical (unpaired) electrons. The van der Waals surface area contributed by atoms with Crippen LogP contribution in [0.3, 0.4) is 0 Å². The van der Waals surface area contributed by atoms with Crippen LogP contribution in [0.25, 0.3) is 0 Å². The van der Waals surface area contributed by atoms with E-state index < -0.39 is 12.0 Å². The quantitative estimate of drug-likeness (QED) is 0.413. The third-order valence-electron chi connectivity index (χ3n) is 4.86. The number of rotatable bonds is 9. The summed E-state index contributed by atoms with van der Waals surface area (Å²) < 4.78 is 7.49. The van der Waals surface area contributed by atoms with Crippen LogP contribution in [-0.2, 0) is 22.5 Å². The molecule has 7 heteroatoms. The molecule has 29 heavy (non-hydrogen) atoms. The van der Waals surface area contributed by atoms with Gasteiger partial charge in [-0.25, -0.2) is 5.48 Å². The number of nitrogens with one attached hydrogen (secondary N) is 1. The van der Waals surface area contributed by atoms with Gasteiger partial charge < -0.3 is 4.74 Å². The normalized spacial score (nSPS) is 13.1. The molecule has 0 saturated heterocycles. The van der Waals surface area contributed by atoms with Gasteiger partial charge in [-0.15, -0.1) is 0 Å². The summed E-state index contributed by atoms with van der Waals surface area (Å²) in [5.41, 5.74) is 4.72. The van der Waals surface area contributed by atoms with Gasteiger partial charge in [-0.1, -0.05) is 54.1 Å². The Bertz CT molecular complexity index is 913. The van der Waals surface area contributed by atoms with Crippen LogP contribution in [0.4, 0.5) is 0 Å². The van der Waals surface area contributed by atoms with Crippen LogP contribution in [0.1, 0.15) is 29.2 Å². The van der Waals surface area contributed by atoms with Crippen molar-refractivity contribution in [1.29, 1.82) is 0 Å². The number of carbonyl (C=O) groups is 1. The van der Waals surface area contributed by atoms with Crippen LogP contribution in [-0.4, -0.2) is 34.1 Å². The van der Waals surface area contributed by atoms with Gasteiger partial charge >= 0.3 is 0 Å². The second-order valence-electron chi connectivity index (χ2n) is 6.87. The number of nitrogens with zero attached hydrogens (tertiary/aromatic N) is 2. The van der Waals surface area contributed by atoms with Crippen LogP contribution in [0.5, 0.6) is 0 Å². The Balaban J connectivity index is 1.85. The number of aromatic nitrogens is 2. The Hall–Kier alpha value is -2.67. The van der Waals surface area contributed by atoms with Gasteiger partial charge in [0.05, 0.1) is 24.8 Å². The van der Waals surface area contributed by atoms with Crippen molar-refractivity contribution >= 4 is 17.5 Å². The maximum absolute atomic E-state index is 11.8. The lowest BCUT2D eigenvalue weighted by Crippen LogP contribution is -2.31. The van der Waals surface area contributed by atoms with Gasteiger partial charge in [0.1, 0.15) is 0 Å². The first kappa shape index (κ1) is 21.0. The van der Waals surface area contributed by atoms with E-state index in [2.05, 4.69) is 12.1 Å². The Morgan fingerprint density at radius 3 is 2.52 bits per heavy atom. The highest BCUT2D eigenvalue weighted by Crippen LogP contribution is 2.28. The van der Waals surface area contributed by atoms with Gasteiger partial charge in [0.15, 0.2) is 0 Å². The van der Waals surface area contributed by atoms with E-state index >= 15 is 0 Å². The molecule has 3 rings (SSSR count). The summed E-state index contributed by atoms with van der Waals surface area (Å²) in [6, 6.07) is 19.6. The van der Waals surface area contributed by atoms with E-state index in [9.17, 15) is 4.79 Å². The number of hydroxylamine groups is 1. The molecule has 152 valence electrons. The van der Waals surface area contributed by atoms with Crippen molar-refractivity contribution in [3.8, 4) is 0 Å². The standard InChI is InChI=1S/C22H24ClN3O3/c1-29-21(14-22(27)25-28)19(13-16-7-9-18(23)10-8-16)20-11-12-26(24-20)15-17-5-3-2-4-6-17/h2-12,19,21,28H,13-15H2,1H3,(H,25,27)/t19-,21-/m1/s1. The van der Waals surface area contributed by atoms with Crippen LogP contribution in [0.2, 0.25) is 5.02 Å². The van der Waals surface area contributed by atoms with E-state index in [1.807, 2.05) is 59.4 Å². The van der Waals surface area contributed by atoms with Gasteiger partial charge in [-0.05, 0) is 35.7 Å². The molecule has 2 atom stereocenters. The molecule has 6 nitrogen and oxygen atoms in total. The minimum atomic E-state index is -0.498. The van der Waals surface area contributed by atoms with E-state index in [0.717, 1.165) is 16.8 Å². The minimum absolute atomic E-state index is 0.0246. The van der Waals surface area contributed by atoms with Crippen molar-refractivity contribution in [3.63, 3.8) is 0 Å². The molecule has 0 saturated carbocycles. The van der Waals surface area contributed by atoms with Gasteiger partial charge in [0, 0.05) is 24.2 Å². The van der Waals surface area contributed by atoms with Crippen molar-refractivity contribution < 1.29 is 14.7 Å². The Labute approximate surface area is 175 Å². The van der Waals surface area contributed by atoms with Crippen LogP contribution in [0, 0.1) is 0 Å². The fourth-order valence-electron chi connectivity index (χ4n) is 3.35. The number of ether oxygens (including phenoxy) is 1. The summed E-state index contributed by atoms with van der Waals surface area (Å²) in [5, 5.41) is 14.3. The third-order valence-corrected chi connectivity index (χ3v) is 5.11. The number of amides is 1. The maximum atomic E-state index is 11.8. The smallest absolute Gasteiger partial charge is 0.245 e. The van der Waals surface area contributed by atoms with Crippen molar-refractivity contribution in [1.82, 2.24) is 15.3 Å². The molecule has 3 aromatic rings. The summed E-state index contributed by atoms with van der Waals surface area (Å²) in [5.74, 6) is -0.669. The first-order chi connectivity index (χ1) is 14.1. The summed E-state index contributed by atoms with van der Waals surface area (Å²) in [6.45, 7) is 0.656. The lowest BCUT2D eigenvalue weighted by atomic mass is 9.89. The molecular weight excluding hydrogens is 390 g/mol. The number of methoxy groups -OCH3 is 1. The molecule has 2 N–H and O–H groups in total. The van der Waals surface area contributed by atoms with Gasteiger partial charge in [0.2, 0.25) is 5.91 Å². The van der Waals surface area contributed by atoms with Crippen molar-refractivity contribution in [2.75, 3.05) is 7.11 Å². The van der Waals surface area contributed by atoms with Crippen molar-refractivity contribution in [2.45, 2.75) is 31.4 Å². The molecule has 0 aliphatic carbocycles. The highest BCUT2D eigenvalue weighted by molar-refractivity contribution is 6.30. The first-order valence-corrected chi connectivity index (χ1v) is 9.74. The fraction of sp³-hybridized carbons (Fsp3) is 0.273. The molecule has 0 bridgehead atoms. The van der Waals surface area contributed by atoms with Gasteiger partial charge in [-0.2, -0.15) is 5.10 Å². The average Bonchev–Trinajstić information content (AvgIpc) is 3.20. The SMILES string of the molecule is CO[C@H](CC(=O)NO)[C@H](Cc1ccc(Cl)cc1)c1ccn(Cc2ccccc2)n1.